The molecule has 2 aromatic carbocycles. The van der Waals surface area contributed by atoms with E-state index < -0.39 is 0 Å². The first-order valence-corrected chi connectivity index (χ1v) is 8.38. The lowest BCUT2D eigenvalue weighted by Gasteiger charge is -2.13. The number of rotatable bonds is 8. The van der Waals surface area contributed by atoms with Crippen LogP contribution in [0.1, 0.15) is 18.1 Å². The van der Waals surface area contributed by atoms with Gasteiger partial charge in [-0.1, -0.05) is 12.1 Å². The summed E-state index contributed by atoms with van der Waals surface area (Å²) < 4.78 is 15.7. The molecule has 0 heterocycles. The number of carbonyl (C=O) groups is 1. The van der Waals surface area contributed by atoms with Gasteiger partial charge in [-0.3, -0.25) is 4.79 Å². The SMILES string of the molecule is COc1cccc(CC(C)NC(=O)/C=C/c2cc(OC)cc(OC)c2)c1. The van der Waals surface area contributed by atoms with E-state index in [0.717, 1.165) is 23.3 Å². The summed E-state index contributed by atoms with van der Waals surface area (Å²) in [6.45, 7) is 1.97. The Balaban J connectivity index is 1.95. The third kappa shape index (κ3) is 5.84. The van der Waals surface area contributed by atoms with Gasteiger partial charge in [-0.15, -0.1) is 0 Å². The van der Waals surface area contributed by atoms with Crippen molar-refractivity contribution in [1.29, 1.82) is 0 Å². The van der Waals surface area contributed by atoms with Crippen LogP contribution in [0.5, 0.6) is 17.2 Å². The maximum atomic E-state index is 12.2. The van der Waals surface area contributed by atoms with Gasteiger partial charge in [0.2, 0.25) is 5.91 Å². The topological polar surface area (TPSA) is 56.8 Å². The number of hydrogen-bond acceptors (Lipinski definition) is 4. The minimum atomic E-state index is -0.151. The predicted molar refractivity (Wildman–Crippen MR) is 103 cm³/mol. The van der Waals surface area contributed by atoms with Crippen molar-refractivity contribution < 1.29 is 19.0 Å². The Morgan fingerprint density at radius 3 is 2.27 bits per heavy atom. The highest BCUT2D eigenvalue weighted by atomic mass is 16.5. The third-order valence-electron chi connectivity index (χ3n) is 3.87. The number of hydrogen-bond donors (Lipinski definition) is 1. The Kier molecular flexibility index (Phi) is 7.09. The molecule has 0 bridgehead atoms. The quantitative estimate of drug-likeness (QED) is 0.737. The fraction of sp³-hybridized carbons (Fsp3) is 0.286. The second-order valence-electron chi connectivity index (χ2n) is 5.94. The minimum absolute atomic E-state index is 0.000832. The van der Waals surface area contributed by atoms with Gasteiger partial charge in [0.1, 0.15) is 17.2 Å². The Hall–Kier alpha value is -2.95. The molecule has 1 unspecified atom stereocenters. The summed E-state index contributed by atoms with van der Waals surface area (Å²) in [5, 5.41) is 2.96. The van der Waals surface area contributed by atoms with Crippen LogP contribution in [0.3, 0.4) is 0 Å². The molecule has 138 valence electrons. The summed E-state index contributed by atoms with van der Waals surface area (Å²) in [6.07, 6.45) is 3.97. The molecule has 5 nitrogen and oxygen atoms in total. The van der Waals surface area contributed by atoms with Crippen LogP contribution in [0.4, 0.5) is 0 Å². The maximum Gasteiger partial charge on any atom is 0.244 e. The molecule has 5 heteroatoms. The molecule has 0 radical (unpaired) electrons. The molecule has 0 saturated carbocycles. The molecule has 1 atom stereocenters. The van der Waals surface area contributed by atoms with Crippen LogP contribution in [-0.2, 0) is 11.2 Å². The Labute approximate surface area is 154 Å². The summed E-state index contributed by atoms with van der Waals surface area (Å²) >= 11 is 0. The lowest BCUT2D eigenvalue weighted by Crippen LogP contribution is -2.32. The van der Waals surface area contributed by atoms with Crippen molar-refractivity contribution in [1.82, 2.24) is 5.32 Å². The van der Waals surface area contributed by atoms with Crippen LogP contribution >= 0.6 is 0 Å². The largest absolute Gasteiger partial charge is 0.497 e. The van der Waals surface area contributed by atoms with Crippen molar-refractivity contribution in [3.05, 3.63) is 59.7 Å². The molecule has 1 amide bonds. The Morgan fingerprint density at radius 1 is 1.00 bits per heavy atom. The van der Waals surface area contributed by atoms with Crippen LogP contribution in [0.2, 0.25) is 0 Å². The smallest absolute Gasteiger partial charge is 0.244 e. The fourth-order valence-corrected chi connectivity index (χ4v) is 2.59. The maximum absolute atomic E-state index is 12.2. The summed E-state index contributed by atoms with van der Waals surface area (Å²) in [4.78, 5) is 12.2. The summed E-state index contributed by atoms with van der Waals surface area (Å²) in [5.74, 6) is 2.02. The number of nitrogens with one attached hydrogen (secondary N) is 1. The zero-order chi connectivity index (χ0) is 18.9. The van der Waals surface area contributed by atoms with Crippen LogP contribution < -0.4 is 19.5 Å². The van der Waals surface area contributed by atoms with Crippen molar-refractivity contribution in [2.75, 3.05) is 21.3 Å². The Morgan fingerprint density at radius 2 is 1.65 bits per heavy atom. The Bertz CT molecular complexity index is 748. The summed E-state index contributed by atoms with van der Waals surface area (Å²) in [5.41, 5.74) is 1.94. The van der Waals surface area contributed by atoms with E-state index in [4.69, 9.17) is 14.2 Å². The molecule has 2 rings (SSSR count). The van der Waals surface area contributed by atoms with E-state index in [1.807, 2.05) is 43.3 Å². The molecule has 2 aromatic rings. The van der Waals surface area contributed by atoms with Gasteiger partial charge in [0.15, 0.2) is 0 Å². The molecule has 1 N–H and O–H groups in total. The van der Waals surface area contributed by atoms with Gasteiger partial charge >= 0.3 is 0 Å². The number of amides is 1. The van der Waals surface area contributed by atoms with Crippen LogP contribution in [0.15, 0.2) is 48.5 Å². The molecule has 0 spiro atoms. The van der Waals surface area contributed by atoms with Crippen molar-refractivity contribution in [3.63, 3.8) is 0 Å². The van der Waals surface area contributed by atoms with Gasteiger partial charge in [-0.25, -0.2) is 0 Å². The van der Waals surface area contributed by atoms with Crippen molar-refractivity contribution in [2.24, 2.45) is 0 Å². The highest BCUT2D eigenvalue weighted by Crippen LogP contribution is 2.23. The zero-order valence-electron chi connectivity index (χ0n) is 15.6. The first kappa shape index (κ1) is 19.4. The average molecular weight is 355 g/mol. The van der Waals surface area contributed by atoms with Gasteiger partial charge in [0, 0.05) is 18.2 Å². The number of carbonyl (C=O) groups excluding carboxylic acids is 1. The highest BCUT2D eigenvalue weighted by Gasteiger charge is 2.07. The highest BCUT2D eigenvalue weighted by molar-refractivity contribution is 5.92. The molecule has 0 aliphatic carbocycles. The van der Waals surface area contributed by atoms with Gasteiger partial charge < -0.3 is 19.5 Å². The summed E-state index contributed by atoms with van der Waals surface area (Å²) in [7, 11) is 4.83. The van der Waals surface area contributed by atoms with Crippen LogP contribution in [0, 0.1) is 0 Å². The molecule has 26 heavy (non-hydrogen) atoms. The van der Waals surface area contributed by atoms with E-state index in [0.29, 0.717) is 11.5 Å². The second kappa shape index (κ2) is 9.51. The van der Waals surface area contributed by atoms with Crippen molar-refractivity contribution in [3.8, 4) is 17.2 Å². The standard InChI is InChI=1S/C21H25NO4/c1-15(10-16-6-5-7-18(11-16)24-2)22-21(23)9-8-17-12-19(25-3)14-20(13-17)26-4/h5-9,11-15H,10H2,1-4H3,(H,22,23)/b9-8+. The number of benzene rings is 2. The van der Waals surface area contributed by atoms with Crippen LogP contribution in [0.25, 0.3) is 6.08 Å². The lowest BCUT2D eigenvalue weighted by atomic mass is 10.1. The normalized spacial score (nSPS) is 11.8. The first-order valence-electron chi connectivity index (χ1n) is 8.38. The van der Waals surface area contributed by atoms with E-state index in [1.165, 1.54) is 6.08 Å². The second-order valence-corrected chi connectivity index (χ2v) is 5.94. The van der Waals surface area contributed by atoms with Crippen molar-refractivity contribution in [2.45, 2.75) is 19.4 Å². The van der Waals surface area contributed by atoms with Gasteiger partial charge in [0.25, 0.3) is 0 Å². The molecule has 0 aliphatic heterocycles. The fourth-order valence-electron chi connectivity index (χ4n) is 2.59. The van der Waals surface area contributed by atoms with Crippen molar-refractivity contribution >= 4 is 12.0 Å². The van der Waals surface area contributed by atoms with E-state index in [1.54, 1.807) is 33.5 Å². The first-order chi connectivity index (χ1) is 12.5. The third-order valence-corrected chi connectivity index (χ3v) is 3.87. The van der Waals surface area contributed by atoms with E-state index in [9.17, 15) is 4.79 Å². The van der Waals surface area contributed by atoms with E-state index >= 15 is 0 Å². The zero-order valence-corrected chi connectivity index (χ0v) is 15.6. The molecule has 0 saturated heterocycles. The van der Waals surface area contributed by atoms with E-state index in [-0.39, 0.29) is 11.9 Å². The number of ether oxygens (including phenoxy) is 3. The van der Waals surface area contributed by atoms with Gasteiger partial charge in [-0.2, -0.15) is 0 Å². The monoisotopic (exact) mass is 355 g/mol. The molecule has 0 aromatic heterocycles. The minimum Gasteiger partial charge on any atom is -0.497 e. The molecule has 0 aliphatic rings. The van der Waals surface area contributed by atoms with Gasteiger partial charge in [-0.05, 0) is 54.8 Å². The molecular weight excluding hydrogens is 330 g/mol. The lowest BCUT2D eigenvalue weighted by molar-refractivity contribution is -0.117. The van der Waals surface area contributed by atoms with Crippen LogP contribution in [-0.4, -0.2) is 33.3 Å². The molecular formula is C21H25NO4. The molecule has 0 fully saturated rings. The summed E-state index contributed by atoms with van der Waals surface area (Å²) in [6, 6.07) is 13.3. The predicted octanol–water partition coefficient (Wildman–Crippen LogP) is 3.47. The average Bonchev–Trinajstić information content (AvgIpc) is 2.66. The number of methoxy groups -OCH3 is 3. The van der Waals surface area contributed by atoms with Gasteiger partial charge in [0.05, 0.1) is 21.3 Å². The van der Waals surface area contributed by atoms with E-state index in [2.05, 4.69) is 5.32 Å².